The lowest BCUT2D eigenvalue weighted by molar-refractivity contribution is 0.0657. The average Bonchev–Trinajstić information content (AvgIpc) is 3.02. The van der Waals surface area contributed by atoms with Gasteiger partial charge in [-0.05, 0) is 50.5 Å². The third-order valence-electron chi connectivity index (χ3n) is 5.59. The molecule has 2 aromatic rings. The Kier molecular flexibility index (Phi) is 7.40. The lowest BCUT2D eigenvalue weighted by Crippen LogP contribution is -2.30. The number of alkyl halides is 2. The van der Waals surface area contributed by atoms with Crippen LogP contribution in [0.2, 0.25) is 0 Å². The Morgan fingerprint density at radius 3 is 2.75 bits per heavy atom. The molecule has 2 unspecified atom stereocenters. The van der Waals surface area contributed by atoms with Crippen molar-refractivity contribution in [3.8, 4) is 5.75 Å². The summed E-state index contributed by atoms with van der Waals surface area (Å²) in [5, 5.41) is 11.6. The van der Waals surface area contributed by atoms with E-state index in [0.29, 0.717) is 35.4 Å². The highest BCUT2D eigenvalue weighted by Crippen LogP contribution is 2.41. The highest BCUT2D eigenvalue weighted by molar-refractivity contribution is 6.04. The SMILES string of the molecule is Cc1cc(C(C)N2C(=O)c3ccnc(C(=O)NCCCO)c3C2C)ccc1OCC(F)F. The fourth-order valence-electron chi connectivity index (χ4n) is 4.00. The van der Waals surface area contributed by atoms with Crippen LogP contribution in [0, 0.1) is 6.92 Å². The van der Waals surface area contributed by atoms with Crippen LogP contribution in [0.4, 0.5) is 8.78 Å². The minimum atomic E-state index is -2.56. The third-order valence-corrected chi connectivity index (χ3v) is 5.59. The largest absolute Gasteiger partial charge is 0.487 e. The second-order valence-electron chi connectivity index (χ2n) is 7.75. The first kappa shape index (κ1) is 23.6. The molecular formula is C23H27F2N3O4. The third kappa shape index (κ3) is 4.72. The van der Waals surface area contributed by atoms with Crippen molar-refractivity contribution in [1.82, 2.24) is 15.2 Å². The number of carbonyl (C=O) groups excluding carboxylic acids is 2. The molecule has 1 aromatic heterocycles. The van der Waals surface area contributed by atoms with Gasteiger partial charge in [0, 0.05) is 30.5 Å². The van der Waals surface area contributed by atoms with Crippen molar-refractivity contribution < 1.29 is 28.2 Å². The highest BCUT2D eigenvalue weighted by Gasteiger charge is 2.40. The van der Waals surface area contributed by atoms with E-state index in [1.165, 1.54) is 6.20 Å². The zero-order valence-electron chi connectivity index (χ0n) is 18.3. The summed E-state index contributed by atoms with van der Waals surface area (Å²) in [6.45, 7) is 5.08. The van der Waals surface area contributed by atoms with Crippen molar-refractivity contribution >= 4 is 11.8 Å². The summed E-state index contributed by atoms with van der Waals surface area (Å²) in [5.74, 6) is -0.223. The quantitative estimate of drug-likeness (QED) is 0.575. The first-order valence-corrected chi connectivity index (χ1v) is 10.5. The van der Waals surface area contributed by atoms with Crippen molar-refractivity contribution in [2.24, 2.45) is 0 Å². The van der Waals surface area contributed by atoms with Crippen molar-refractivity contribution in [3.05, 3.63) is 58.4 Å². The van der Waals surface area contributed by atoms with Crippen molar-refractivity contribution in [3.63, 3.8) is 0 Å². The zero-order chi connectivity index (χ0) is 23.4. The van der Waals surface area contributed by atoms with E-state index in [2.05, 4.69) is 10.3 Å². The number of amides is 2. The number of aromatic nitrogens is 1. The van der Waals surface area contributed by atoms with E-state index in [9.17, 15) is 18.4 Å². The molecule has 1 aliphatic rings. The summed E-state index contributed by atoms with van der Waals surface area (Å²) in [5.41, 5.74) is 2.71. The molecular weight excluding hydrogens is 420 g/mol. The fraction of sp³-hybridized carbons (Fsp3) is 0.435. The molecule has 2 amide bonds. The molecule has 2 heterocycles. The molecule has 172 valence electrons. The molecule has 7 nitrogen and oxygen atoms in total. The van der Waals surface area contributed by atoms with Gasteiger partial charge in [0.1, 0.15) is 18.1 Å². The Bertz CT molecular complexity index is 999. The van der Waals surface area contributed by atoms with Crippen LogP contribution in [0.15, 0.2) is 30.5 Å². The lowest BCUT2D eigenvalue weighted by atomic mass is 10.0. The summed E-state index contributed by atoms with van der Waals surface area (Å²) < 4.78 is 30.0. The van der Waals surface area contributed by atoms with E-state index in [4.69, 9.17) is 9.84 Å². The number of hydrogen-bond donors (Lipinski definition) is 2. The number of nitrogens with zero attached hydrogens (tertiary/aromatic N) is 2. The van der Waals surface area contributed by atoms with Crippen molar-refractivity contribution in [2.75, 3.05) is 19.8 Å². The number of rotatable bonds is 9. The predicted molar refractivity (Wildman–Crippen MR) is 114 cm³/mol. The van der Waals surface area contributed by atoms with Crippen molar-refractivity contribution in [1.29, 1.82) is 0 Å². The maximum Gasteiger partial charge on any atom is 0.272 e. The number of hydrogen-bond acceptors (Lipinski definition) is 5. The summed E-state index contributed by atoms with van der Waals surface area (Å²) >= 11 is 0. The molecule has 0 saturated carbocycles. The molecule has 1 aliphatic heterocycles. The fourth-order valence-corrected chi connectivity index (χ4v) is 4.00. The number of aryl methyl sites for hydroxylation is 1. The smallest absolute Gasteiger partial charge is 0.272 e. The number of aliphatic hydroxyl groups is 1. The summed E-state index contributed by atoms with van der Waals surface area (Å²) in [6.07, 6.45) is -0.689. The normalized spacial score (nSPS) is 16.3. The molecule has 3 rings (SSSR count). The number of ether oxygens (including phenoxy) is 1. The van der Waals surface area contributed by atoms with Crippen LogP contribution in [0.5, 0.6) is 5.75 Å². The van der Waals surface area contributed by atoms with Gasteiger partial charge in [0.05, 0.1) is 12.1 Å². The van der Waals surface area contributed by atoms with Crippen molar-refractivity contribution in [2.45, 2.75) is 45.7 Å². The van der Waals surface area contributed by atoms with Gasteiger partial charge in [0.25, 0.3) is 18.2 Å². The first-order chi connectivity index (χ1) is 15.3. The Morgan fingerprint density at radius 2 is 2.09 bits per heavy atom. The molecule has 0 radical (unpaired) electrons. The van der Waals surface area contributed by atoms with Crippen LogP contribution < -0.4 is 10.1 Å². The molecule has 2 N–H and O–H groups in total. The van der Waals surface area contributed by atoms with Gasteiger partial charge < -0.3 is 20.1 Å². The van der Waals surface area contributed by atoms with E-state index in [0.717, 1.165) is 5.56 Å². The molecule has 0 aliphatic carbocycles. The second-order valence-corrected chi connectivity index (χ2v) is 7.75. The number of benzene rings is 1. The molecule has 0 bridgehead atoms. The number of halogens is 2. The van der Waals surface area contributed by atoms with Crippen LogP contribution in [0.25, 0.3) is 0 Å². The minimum absolute atomic E-state index is 0.0355. The van der Waals surface area contributed by atoms with Gasteiger partial charge in [0.2, 0.25) is 0 Å². The Hall–Kier alpha value is -3.07. The number of carbonyl (C=O) groups is 2. The topological polar surface area (TPSA) is 91.8 Å². The van der Waals surface area contributed by atoms with Gasteiger partial charge in [-0.2, -0.15) is 0 Å². The number of fused-ring (bicyclic) bond motifs is 1. The molecule has 1 aromatic carbocycles. The molecule has 32 heavy (non-hydrogen) atoms. The van der Waals surface area contributed by atoms with Crippen LogP contribution >= 0.6 is 0 Å². The van der Waals surface area contributed by atoms with Gasteiger partial charge >= 0.3 is 0 Å². The molecule has 9 heteroatoms. The summed E-state index contributed by atoms with van der Waals surface area (Å²) in [4.78, 5) is 31.7. The Morgan fingerprint density at radius 1 is 1.34 bits per heavy atom. The standard InChI is InChI=1S/C23H27F2N3O4/c1-13-11-16(5-6-18(13)32-12-19(24)25)14(2)28-15(3)20-17(23(28)31)7-9-26-21(20)22(30)27-8-4-10-29/h5-7,9,11,14-15,19,29H,4,8,10,12H2,1-3H3,(H,27,30). The van der Waals surface area contributed by atoms with Gasteiger partial charge in [0.15, 0.2) is 0 Å². The maximum absolute atomic E-state index is 13.2. The van der Waals surface area contributed by atoms with Gasteiger partial charge in [-0.15, -0.1) is 0 Å². The number of nitrogens with one attached hydrogen (secondary N) is 1. The molecule has 0 saturated heterocycles. The lowest BCUT2D eigenvalue weighted by Gasteiger charge is -2.30. The Labute approximate surface area is 185 Å². The zero-order valence-corrected chi connectivity index (χ0v) is 18.3. The van der Waals surface area contributed by atoms with E-state index in [1.54, 1.807) is 30.0 Å². The van der Waals surface area contributed by atoms with Crippen LogP contribution in [0.1, 0.15) is 69.9 Å². The van der Waals surface area contributed by atoms with Crippen LogP contribution in [-0.4, -0.2) is 53.0 Å². The maximum atomic E-state index is 13.2. The Balaban J connectivity index is 1.85. The molecule has 0 spiro atoms. The molecule has 0 fully saturated rings. The monoisotopic (exact) mass is 447 g/mol. The molecule has 2 atom stereocenters. The van der Waals surface area contributed by atoms with Crippen LogP contribution in [0.3, 0.4) is 0 Å². The number of pyridine rings is 1. The van der Waals surface area contributed by atoms with Crippen LogP contribution in [-0.2, 0) is 0 Å². The second kappa shape index (κ2) is 10.0. The minimum Gasteiger partial charge on any atom is -0.487 e. The van der Waals surface area contributed by atoms with Gasteiger partial charge in [-0.25, -0.2) is 8.78 Å². The van der Waals surface area contributed by atoms with E-state index >= 15 is 0 Å². The van der Waals surface area contributed by atoms with E-state index < -0.39 is 19.1 Å². The van der Waals surface area contributed by atoms with Gasteiger partial charge in [-0.3, -0.25) is 14.6 Å². The predicted octanol–water partition coefficient (Wildman–Crippen LogP) is 3.42. The summed E-state index contributed by atoms with van der Waals surface area (Å²) in [6, 6.07) is 6.08. The first-order valence-electron chi connectivity index (χ1n) is 10.5. The van der Waals surface area contributed by atoms with E-state index in [-0.39, 0.29) is 30.2 Å². The van der Waals surface area contributed by atoms with Gasteiger partial charge in [-0.1, -0.05) is 12.1 Å². The summed E-state index contributed by atoms with van der Waals surface area (Å²) in [7, 11) is 0. The highest BCUT2D eigenvalue weighted by atomic mass is 19.3. The average molecular weight is 447 g/mol. The van der Waals surface area contributed by atoms with E-state index in [1.807, 2.05) is 19.9 Å². The number of aliphatic hydroxyl groups excluding tert-OH is 1.